The number of benzene rings is 2. The molecule has 2 saturated heterocycles. The lowest BCUT2D eigenvalue weighted by Gasteiger charge is -2.44. The van der Waals surface area contributed by atoms with Crippen LogP contribution in [-0.4, -0.2) is 86.4 Å². The van der Waals surface area contributed by atoms with E-state index in [1.54, 1.807) is 72.6 Å². The summed E-state index contributed by atoms with van der Waals surface area (Å²) in [5, 5.41) is 3.31. The number of halogens is 1. The standard InChI is InChI=1S/C26H30ClN3O6/c1-34-15-12-28-23(31)22-17-36-26(30(22)25(33)18-6-8-21(35-2)9-7-18)10-13-29(14-11-26)24(32)19-4-3-5-20(27)16-19/h3-9,16,22H,10-15,17H2,1-2H3,(H,28,31). The molecule has 1 N–H and O–H groups in total. The first-order valence-electron chi connectivity index (χ1n) is 11.8. The largest absolute Gasteiger partial charge is 0.497 e. The molecule has 3 amide bonds. The number of likely N-dealkylation sites (tertiary alicyclic amines) is 1. The highest BCUT2D eigenvalue weighted by molar-refractivity contribution is 6.30. The van der Waals surface area contributed by atoms with Gasteiger partial charge in [-0.2, -0.15) is 0 Å². The monoisotopic (exact) mass is 515 g/mol. The van der Waals surface area contributed by atoms with Crippen LogP contribution >= 0.6 is 11.6 Å². The Hall–Kier alpha value is -3.14. The molecule has 0 bridgehead atoms. The first-order chi connectivity index (χ1) is 17.4. The number of hydrogen-bond acceptors (Lipinski definition) is 6. The van der Waals surface area contributed by atoms with E-state index in [4.69, 9.17) is 25.8 Å². The molecule has 2 aromatic carbocycles. The number of carbonyl (C=O) groups excluding carboxylic acids is 3. The van der Waals surface area contributed by atoms with E-state index in [9.17, 15) is 14.4 Å². The second-order valence-corrected chi connectivity index (χ2v) is 9.20. The van der Waals surface area contributed by atoms with Crippen LogP contribution in [0.2, 0.25) is 5.02 Å². The van der Waals surface area contributed by atoms with E-state index in [1.165, 1.54) is 0 Å². The summed E-state index contributed by atoms with van der Waals surface area (Å²) in [6, 6.07) is 12.8. The van der Waals surface area contributed by atoms with Crippen LogP contribution in [0.1, 0.15) is 33.6 Å². The van der Waals surface area contributed by atoms with Crippen LogP contribution in [0.4, 0.5) is 0 Å². The van der Waals surface area contributed by atoms with Gasteiger partial charge in [-0.3, -0.25) is 19.3 Å². The Kier molecular flexibility index (Phi) is 8.13. The van der Waals surface area contributed by atoms with E-state index in [1.807, 2.05) is 0 Å². The minimum atomic E-state index is -0.995. The Balaban J connectivity index is 1.55. The summed E-state index contributed by atoms with van der Waals surface area (Å²) in [7, 11) is 3.11. The van der Waals surface area contributed by atoms with Crippen LogP contribution in [0.25, 0.3) is 0 Å². The van der Waals surface area contributed by atoms with Gasteiger partial charge >= 0.3 is 0 Å². The number of rotatable bonds is 7. The van der Waals surface area contributed by atoms with Crippen molar-refractivity contribution in [3.05, 3.63) is 64.7 Å². The zero-order valence-corrected chi connectivity index (χ0v) is 21.1. The van der Waals surface area contributed by atoms with Gasteiger partial charge in [0.25, 0.3) is 11.8 Å². The molecule has 36 heavy (non-hydrogen) atoms. The quantitative estimate of drug-likeness (QED) is 0.569. The normalized spacial score (nSPS) is 18.8. The molecular weight excluding hydrogens is 486 g/mol. The van der Waals surface area contributed by atoms with Gasteiger partial charge in [-0.05, 0) is 42.5 Å². The zero-order chi connectivity index (χ0) is 25.7. The van der Waals surface area contributed by atoms with Crippen molar-refractivity contribution in [3.8, 4) is 5.75 Å². The van der Waals surface area contributed by atoms with Gasteiger partial charge in [0.2, 0.25) is 5.91 Å². The highest BCUT2D eigenvalue weighted by atomic mass is 35.5. The fourth-order valence-corrected chi connectivity index (χ4v) is 4.89. The molecule has 2 aromatic rings. The minimum absolute atomic E-state index is 0.0724. The molecule has 2 aliphatic heterocycles. The number of ether oxygens (including phenoxy) is 3. The van der Waals surface area contributed by atoms with E-state index >= 15 is 0 Å². The highest BCUT2D eigenvalue weighted by Gasteiger charge is 2.54. The van der Waals surface area contributed by atoms with Gasteiger partial charge < -0.3 is 24.4 Å². The smallest absolute Gasteiger partial charge is 0.256 e. The van der Waals surface area contributed by atoms with Crippen molar-refractivity contribution >= 4 is 29.3 Å². The number of methoxy groups -OCH3 is 2. The maximum absolute atomic E-state index is 13.7. The fraction of sp³-hybridized carbons (Fsp3) is 0.423. The minimum Gasteiger partial charge on any atom is -0.497 e. The Morgan fingerprint density at radius 3 is 2.42 bits per heavy atom. The summed E-state index contributed by atoms with van der Waals surface area (Å²) >= 11 is 6.06. The molecule has 0 aromatic heterocycles. The van der Waals surface area contributed by atoms with Crippen molar-refractivity contribution < 1.29 is 28.6 Å². The molecule has 1 spiro atoms. The van der Waals surface area contributed by atoms with E-state index in [0.717, 1.165) is 0 Å². The number of nitrogens with one attached hydrogen (secondary N) is 1. The first kappa shape index (κ1) is 25.9. The first-order valence-corrected chi connectivity index (χ1v) is 12.2. The topological polar surface area (TPSA) is 97.4 Å². The Labute approximate surface area is 215 Å². The molecular formula is C26H30ClN3O6. The van der Waals surface area contributed by atoms with Gasteiger partial charge in [-0.25, -0.2) is 0 Å². The van der Waals surface area contributed by atoms with Crippen molar-refractivity contribution in [1.29, 1.82) is 0 Å². The molecule has 2 heterocycles. The summed E-state index contributed by atoms with van der Waals surface area (Å²) in [6.07, 6.45) is 0.756. The maximum atomic E-state index is 13.7. The number of piperidine rings is 1. The second kappa shape index (κ2) is 11.3. The Bertz CT molecular complexity index is 1100. The predicted octanol–water partition coefficient (Wildman–Crippen LogP) is 2.58. The van der Waals surface area contributed by atoms with E-state index in [0.29, 0.717) is 61.0 Å². The van der Waals surface area contributed by atoms with Gasteiger partial charge in [0, 0.05) is 55.7 Å². The van der Waals surface area contributed by atoms with E-state index in [-0.39, 0.29) is 24.3 Å². The van der Waals surface area contributed by atoms with Crippen molar-refractivity contribution in [2.24, 2.45) is 0 Å². The molecule has 4 rings (SSSR count). The molecule has 9 nitrogen and oxygen atoms in total. The SMILES string of the molecule is COCCNC(=O)C1COC2(CCN(C(=O)c3cccc(Cl)c3)CC2)N1C(=O)c1ccc(OC)cc1. The van der Waals surface area contributed by atoms with Crippen LogP contribution in [0.3, 0.4) is 0 Å². The van der Waals surface area contributed by atoms with E-state index < -0.39 is 11.8 Å². The fourth-order valence-electron chi connectivity index (χ4n) is 4.70. The third-order valence-electron chi connectivity index (χ3n) is 6.63. The zero-order valence-electron chi connectivity index (χ0n) is 20.4. The maximum Gasteiger partial charge on any atom is 0.256 e. The summed E-state index contributed by atoms with van der Waals surface area (Å²) in [6.45, 7) is 1.50. The lowest BCUT2D eigenvalue weighted by Crippen LogP contribution is -2.60. The second-order valence-electron chi connectivity index (χ2n) is 8.76. The van der Waals surface area contributed by atoms with Gasteiger partial charge in [0.15, 0.2) is 0 Å². The number of hydrogen-bond donors (Lipinski definition) is 1. The predicted molar refractivity (Wildman–Crippen MR) is 133 cm³/mol. The molecule has 192 valence electrons. The number of carbonyl (C=O) groups is 3. The van der Waals surface area contributed by atoms with Crippen LogP contribution < -0.4 is 10.1 Å². The Morgan fingerprint density at radius 2 is 1.78 bits per heavy atom. The molecule has 10 heteroatoms. The molecule has 1 unspecified atom stereocenters. The van der Waals surface area contributed by atoms with Crippen LogP contribution in [-0.2, 0) is 14.3 Å². The summed E-state index contributed by atoms with van der Waals surface area (Å²) < 4.78 is 16.4. The average molecular weight is 516 g/mol. The highest BCUT2D eigenvalue weighted by Crippen LogP contribution is 2.39. The van der Waals surface area contributed by atoms with Gasteiger partial charge in [0.05, 0.1) is 20.3 Å². The molecule has 0 radical (unpaired) electrons. The number of nitrogens with zero attached hydrogens (tertiary/aromatic N) is 2. The van der Waals surface area contributed by atoms with Crippen molar-refractivity contribution in [3.63, 3.8) is 0 Å². The lowest BCUT2D eigenvalue weighted by molar-refractivity contribution is -0.128. The molecule has 2 aliphatic rings. The van der Waals surface area contributed by atoms with Crippen molar-refractivity contribution in [2.45, 2.75) is 24.6 Å². The van der Waals surface area contributed by atoms with Crippen LogP contribution in [0.15, 0.2) is 48.5 Å². The summed E-state index contributed by atoms with van der Waals surface area (Å²) in [5.41, 5.74) is -0.0640. The molecule has 2 fully saturated rings. The van der Waals surface area contributed by atoms with Gasteiger partial charge in [-0.15, -0.1) is 0 Å². The van der Waals surface area contributed by atoms with E-state index in [2.05, 4.69) is 5.32 Å². The molecule has 1 atom stereocenters. The van der Waals surface area contributed by atoms with Crippen molar-refractivity contribution in [2.75, 3.05) is 47.1 Å². The van der Waals surface area contributed by atoms with Crippen LogP contribution in [0, 0.1) is 0 Å². The Morgan fingerprint density at radius 1 is 1.06 bits per heavy atom. The molecule has 0 aliphatic carbocycles. The van der Waals surface area contributed by atoms with Crippen LogP contribution in [0.5, 0.6) is 5.75 Å². The van der Waals surface area contributed by atoms with Gasteiger partial charge in [-0.1, -0.05) is 17.7 Å². The summed E-state index contributed by atoms with van der Waals surface area (Å²) in [5.74, 6) is -0.118. The third-order valence-corrected chi connectivity index (χ3v) is 6.86. The average Bonchev–Trinajstić information content (AvgIpc) is 3.27. The van der Waals surface area contributed by atoms with Crippen molar-refractivity contribution in [1.82, 2.24) is 15.1 Å². The number of amides is 3. The third kappa shape index (κ3) is 5.33. The van der Waals surface area contributed by atoms with Gasteiger partial charge in [0.1, 0.15) is 17.5 Å². The lowest BCUT2D eigenvalue weighted by atomic mass is 9.96. The summed E-state index contributed by atoms with van der Waals surface area (Å²) in [4.78, 5) is 43.1. The molecule has 0 saturated carbocycles.